The van der Waals surface area contributed by atoms with E-state index in [9.17, 15) is 8.42 Å². The quantitative estimate of drug-likeness (QED) is 0.817. The Labute approximate surface area is 123 Å². The van der Waals surface area contributed by atoms with Crippen molar-refractivity contribution in [1.82, 2.24) is 0 Å². The second-order valence-corrected chi connectivity index (χ2v) is 6.51. The van der Waals surface area contributed by atoms with Crippen LogP contribution in [0.15, 0.2) is 47.4 Å². The fraction of sp³-hybridized carbons (Fsp3) is 0.188. The van der Waals surface area contributed by atoms with E-state index in [0.29, 0.717) is 5.56 Å². The fourth-order valence-corrected chi connectivity index (χ4v) is 3.47. The van der Waals surface area contributed by atoms with Gasteiger partial charge in [-0.3, -0.25) is 0 Å². The minimum atomic E-state index is -3.87. The molecule has 0 atom stereocenters. The maximum atomic E-state index is 12.3. The fourth-order valence-electron chi connectivity index (χ4n) is 2.50. The van der Waals surface area contributed by atoms with Crippen LogP contribution in [0, 0.1) is 11.3 Å². The average Bonchev–Trinajstić information content (AvgIpc) is 2.94. The molecule has 0 N–H and O–H groups in total. The minimum absolute atomic E-state index is 0.148. The van der Waals surface area contributed by atoms with E-state index in [0.717, 1.165) is 24.8 Å². The number of benzene rings is 2. The Morgan fingerprint density at radius 2 is 1.86 bits per heavy atom. The summed E-state index contributed by atoms with van der Waals surface area (Å²) >= 11 is 0. The number of nitrogens with zero attached hydrogens (tertiary/aromatic N) is 1. The van der Waals surface area contributed by atoms with Crippen molar-refractivity contribution in [2.75, 3.05) is 0 Å². The second-order valence-electron chi connectivity index (χ2n) is 4.96. The molecule has 3 rings (SSSR count). The van der Waals surface area contributed by atoms with Crippen LogP contribution in [-0.2, 0) is 23.0 Å². The van der Waals surface area contributed by atoms with Gasteiger partial charge in [0, 0.05) is 0 Å². The summed E-state index contributed by atoms with van der Waals surface area (Å²) in [7, 11) is -3.87. The molecule has 0 saturated carbocycles. The first-order valence-electron chi connectivity index (χ1n) is 6.65. The summed E-state index contributed by atoms with van der Waals surface area (Å²) in [6.07, 6.45) is 2.97. The van der Waals surface area contributed by atoms with E-state index in [1.54, 1.807) is 24.3 Å². The summed E-state index contributed by atoms with van der Waals surface area (Å²) in [6.45, 7) is 0. The van der Waals surface area contributed by atoms with Crippen molar-refractivity contribution in [1.29, 1.82) is 5.26 Å². The number of hydrogen-bond acceptors (Lipinski definition) is 4. The van der Waals surface area contributed by atoms with Gasteiger partial charge in [-0.05, 0) is 60.7 Å². The predicted molar refractivity (Wildman–Crippen MR) is 77.4 cm³/mol. The van der Waals surface area contributed by atoms with Gasteiger partial charge in [-0.1, -0.05) is 12.1 Å². The molecule has 5 heteroatoms. The van der Waals surface area contributed by atoms with E-state index in [-0.39, 0.29) is 10.6 Å². The average molecular weight is 299 g/mol. The lowest BCUT2D eigenvalue weighted by Gasteiger charge is -2.08. The number of fused-ring (bicyclic) bond motifs is 1. The second kappa shape index (κ2) is 5.23. The molecule has 0 aliphatic heterocycles. The molecule has 1 aliphatic rings. The van der Waals surface area contributed by atoms with Gasteiger partial charge in [-0.2, -0.15) is 13.7 Å². The third kappa shape index (κ3) is 2.76. The molecule has 0 fully saturated rings. The van der Waals surface area contributed by atoms with Gasteiger partial charge in [-0.25, -0.2) is 0 Å². The van der Waals surface area contributed by atoms with Crippen molar-refractivity contribution in [3.63, 3.8) is 0 Å². The van der Waals surface area contributed by atoms with Crippen LogP contribution in [0.2, 0.25) is 0 Å². The number of hydrogen-bond donors (Lipinski definition) is 0. The molecule has 0 spiro atoms. The molecule has 4 nitrogen and oxygen atoms in total. The van der Waals surface area contributed by atoms with Gasteiger partial charge in [0.15, 0.2) is 0 Å². The van der Waals surface area contributed by atoms with E-state index in [2.05, 4.69) is 0 Å². The van der Waals surface area contributed by atoms with Crippen LogP contribution in [0.5, 0.6) is 5.75 Å². The van der Waals surface area contributed by atoms with Gasteiger partial charge in [0.05, 0.1) is 11.6 Å². The molecular formula is C16H13NO3S. The Bertz CT molecular complexity index is 835. The lowest BCUT2D eigenvalue weighted by Crippen LogP contribution is -2.10. The Kier molecular flexibility index (Phi) is 3.40. The molecule has 0 amide bonds. The van der Waals surface area contributed by atoms with Gasteiger partial charge < -0.3 is 4.18 Å². The Balaban J connectivity index is 1.92. The van der Waals surface area contributed by atoms with Crippen molar-refractivity contribution in [3.05, 3.63) is 59.2 Å². The first-order chi connectivity index (χ1) is 10.1. The molecule has 0 radical (unpaired) electrons. The van der Waals surface area contributed by atoms with E-state index in [1.807, 2.05) is 12.1 Å². The molecule has 2 aromatic rings. The molecular weight excluding hydrogens is 286 g/mol. The summed E-state index contributed by atoms with van der Waals surface area (Å²) in [5.74, 6) is 0.148. The van der Waals surface area contributed by atoms with Crippen molar-refractivity contribution >= 4 is 10.1 Å². The predicted octanol–water partition coefficient (Wildman–Crippen LogP) is 2.81. The number of nitriles is 1. The van der Waals surface area contributed by atoms with E-state index < -0.39 is 10.1 Å². The zero-order chi connectivity index (χ0) is 14.9. The van der Waals surface area contributed by atoms with Gasteiger partial charge in [-0.15, -0.1) is 0 Å². The van der Waals surface area contributed by atoms with Crippen molar-refractivity contribution in [2.24, 2.45) is 0 Å². The van der Waals surface area contributed by atoms with Crippen LogP contribution in [0.1, 0.15) is 23.1 Å². The Hall–Kier alpha value is -2.32. The molecule has 0 bridgehead atoms. The van der Waals surface area contributed by atoms with Crippen molar-refractivity contribution in [2.45, 2.75) is 24.2 Å². The van der Waals surface area contributed by atoms with Crippen LogP contribution in [0.25, 0.3) is 0 Å². The normalized spacial score (nSPS) is 13.5. The molecule has 2 aromatic carbocycles. The van der Waals surface area contributed by atoms with Gasteiger partial charge in [0.25, 0.3) is 0 Å². The van der Waals surface area contributed by atoms with Crippen LogP contribution < -0.4 is 4.18 Å². The Morgan fingerprint density at radius 3 is 2.67 bits per heavy atom. The van der Waals surface area contributed by atoms with E-state index in [4.69, 9.17) is 9.44 Å². The minimum Gasteiger partial charge on any atom is -0.379 e. The summed E-state index contributed by atoms with van der Waals surface area (Å²) in [5.41, 5.74) is 2.64. The largest absolute Gasteiger partial charge is 0.379 e. The monoisotopic (exact) mass is 299 g/mol. The number of rotatable bonds is 3. The zero-order valence-corrected chi connectivity index (χ0v) is 12.1. The highest BCUT2D eigenvalue weighted by atomic mass is 32.2. The van der Waals surface area contributed by atoms with Gasteiger partial charge >= 0.3 is 10.1 Å². The van der Waals surface area contributed by atoms with Gasteiger partial charge in [0.2, 0.25) is 0 Å². The van der Waals surface area contributed by atoms with Crippen LogP contribution in [0.4, 0.5) is 0 Å². The first kappa shape index (κ1) is 13.7. The summed E-state index contributed by atoms with van der Waals surface area (Å²) in [5, 5.41) is 8.83. The molecule has 0 saturated heterocycles. The van der Waals surface area contributed by atoms with Crippen LogP contribution in [0.3, 0.4) is 0 Å². The lowest BCUT2D eigenvalue weighted by atomic mass is 10.1. The molecule has 0 unspecified atom stereocenters. The van der Waals surface area contributed by atoms with Gasteiger partial charge in [0.1, 0.15) is 10.6 Å². The van der Waals surface area contributed by atoms with Crippen LogP contribution >= 0.6 is 0 Å². The summed E-state index contributed by atoms with van der Waals surface area (Å²) in [4.78, 5) is 0.158. The third-order valence-corrected chi connectivity index (χ3v) is 4.77. The first-order valence-corrected chi connectivity index (χ1v) is 8.06. The highest BCUT2D eigenvalue weighted by Crippen LogP contribution is 2.26. The highest BCUT2D eigenvalue weighted by Gasteiger charge is 2.20. The smallest absolute Gasteiger partial charge is 0.339 e. The zero-order valence-electron chi connectivity index (χ0n) is 11.2. The highest BCUT2D eigenvalue weighted by molar-refractivity contribution is 7.87. The third-order valence-electron chi connectivity index (χ3n) is 3.53. The SMILES string of the molecule is N#Cc1cccc(OS(=O)(=O)c2ccc3c(c2)CCC3)c1. The number of aryl methyl sites for hydroxylation is 2. The van der Waals surface area contributed by atoms with E-state index in [1.165, 1.54) is 17.7 Å². The summed E-state index contributed by atoms with van der Waals surface area (Å²) in [6, 6.07) is 13.2. The Morgan fingerprint density at radius 1 is 1.05 bits per heavy atom. The van der Waals surface area contributed by atoms with Crippen molar-refractivity contribution in [3.8, 4) is 11.8 Å². The maximum Gasteiger partial charge on any atom is 0.339 e. The summed E-state index contributed by atoms with van der Waals surface area (Å²) < 4.78 is 29.7. The molecule has 106 valence electrons. The molecule has 0 aromatic heterocycles. The molecule has 21 heavy (non-hydrogen) atoms. The molecule has 1 aliphatic carbocycles. The van der Waals surface area contributed by atoms with E-state index >= 15 is 0 Å². The topological polar surface area (TPSA) is 67.2 Å². The lowest BCUT2D eigenvalue weighted by molar-refractivity contribution is 0.486. The standard InChI is InChI=1S/C16H13NO3S/c17-11-12-3-1-6-15(9-12)20-21(18,19)16-8-7-13-4-2-5-14(13)10-16/h1,3,6-10H,2,4-5H2. The maximum absolute atomic E-state index is 12.3. The van der Waals surface area contributed by atoms with Crippen LogP contribution in [-0.4, -0.2) is 8.42 Å². The van der Waals surface area contributed by atoms with Crippen molar-refractivity contribution < 1.29 is 12.6 Å². The molecule has 0 heterocycles.